The van der Waals surface area contributed by atoms with Gasteiger partial charge in [-0.2, -0.15) is 0 Å². The van der Waals surface area contributed by atoms with E-state index in [-0.39, 0.29) is 6.61 Å². The number of aromatic nitrogens is 3. The summed E-state index contributed by atoms with van der Waals surface area (Å²) in [5.41, 5.74) is 1.02. The lowest BCUT2D eigenvalue weighted by atomic mass is 10.3. The maximum Gasteiger partial charge on any atom is 0.225 e. The second-order valence-electron chi connectivity index (χ2n) is 4.90. The van der Waals surface area contributed by atoms with Crippen LogP contribution in [0.25, 0.3) is 0 Å². The summed E-state index contributed by atoms with van der Waals surface area (Å²) in [6.07, 6.45) is 4.41. The van der Waals surface area contributed by atoms with Crippen LogP contribution in [0, 0.1) is 0 Å². The van der Waals surface area contributed by atoms with Gasteiger partial charge in [0.1, 0.15) is 0 Å². The largest absolute Gasteiger partial charge is 0.391 e. The van der Waals surface area contributed by atoms with Gasteiger partial charge >= 0.3 is 0 Å². The number of thiazole rings is 1. The van der Waals surface area contributed by atoms with Crippen molar-refractivity contribution in [3.8, 4) is 0 Å². The molecule has 1 aliphatic rings. The Labute approximate surface area is 128 Å². The van der Waals surface area contributed by atoms with Crippen LogP contribution in [0.2, 0.25) is 0 Å². The molecule has 0 aliphatic carbocycles. The van der Waals surface area contributed by atoms with Crippen molar-refractivity contribution in [2.24, 2.45) is 0 Å². The number of aliphatic hydroxyl groups is 1. The van der Waals surface area contributed by atoms with Crippen molar-refractivity contribution >= 4 is 22.4 Å². The molecule has 1 saturated heterocycles. The fourth-order valence-electron chi connectivity index (χ4n) is 2.46. The Bertz CT molecular complexity index is 559. The minimum atomic E-state index is 0.0820. The third-order valence-electron chi connectivity index (χ3n) is 3.63. The quantitative estimate of drug-likeness (QED) is 0.919. The van der Waals surface area contributed by atoms with E-state index in [9.17, 15) is 5.11 Å². The van der Waals surface area contributed by atoms with E-state index in [0.717, 1.165) is 54.3 Å². The van der Waals surface area contributed by atoms with Crippen molar-refractivity contribution in [1.82, 2.24) is 15.0 Å². The molecule has 0 atom stereocenters. The van der Waals surface area contributed by atoms with Crippen molar-refractivity contribution in [1.29, 1.82) is 0 Å². The van der Waals surface area contributed by atoms with Gasteiger partial charge in [-0.05, 0) is 12.5 Å². The third kappa shape index (κ3) is 2.98. The van der Waals surface area contributed by atoms with Crippen LogP contribution in [-0.2, 0) is 13.0 Å². The minimum Gasteiger partial charge on any atom is -0.391 e. The highest BCUT2D eigenvalue weighted by Gasteiger charge is 2.22. The molecule has 0 radical (unpaired) electrons. The van der Waals surface area contributed by atoms with Crippen LogP contribution in [-0.4, -0.2) is 46.2 Å². The molecule has 0 unspecified atom stereocenters. The first kappa shape index (κ1) is 14.2. The fraction of sp³-hybridized carbons (Fsp3) is 0.500. The molecular formula is C14H19N5OS. The van der Waals surface area contributed by atoms with Gasteiger partial charge in [0.2, 0.25) is 5.95 Å². The third-order valence-corrected chi connectivity index (χ3v) is 4.77. The van der Waals surface area contributed by atoms with Gasteiger partial charge in [0.15, 0.2) is 5.13 Å². The van der Waals surface area contributed by atoms with E-state index in [0.29, 0.717) is 0 Å². The highest BCUT2D eigenvalue weighted by Crippen LogP contribution is 2.28. The molecule has 0 bridgehead atoms. The smallest absolute Gasteiger partial charge is 0.225 e. The van der Waals surface area contributed by atoms with Crippen LogP contribution in [0.5, 0.6) is 0 Å². The van der Waals surface area contributed by atoms with Crippen molar-refractivity contribution in [2.75, 3.05) is 36.0 Å². The summed E-state index contributed by atoms with van der Waals surface area (Å²) < 4.78 is 0. The van der Waals surface area contributed by atoms with Crippen molar-refractivity contribution in [3.63, 3.8) is 0 Å². The number of rotatable bonds is 4. The lowest BCUT2D eigenvalue weighted by Gasteiger charge is -2.34. The Morgan fingerprint density at radius 2 is 1.81 bits per heavy atom. The van der Waals surface area contributed by atoms with E-state index in [4.69, 9.17) is 0 Å². The van der Waals surface area contributed by atoms with Crippen molar-refractivity contribution in [2.45, 2.75) is 20.0 Å². The maximum atomic E-state index is 9.38. The van der Waals surface area contributed by atoms with Gasteiger partial charge < -0.3 is 14.9 Å². The standard InChI is InChI=1S/C14H19N5OS/c1-2-11-12(10-20)21-14(17-11)19-8-6-18(7-9-19)13-15-4-3-5-16-13/h3-5,20H,2,6-10H2,1H3. The van der Waals surface area contributed by atoms with Gasteiger partial charge in [0.05, 0.1) is 17.2 Å². The summed E-state index contributed by atoms with van der Waals surface area (Å²) in [5.74, 6) is 0.793. The Hall–Kier alpha value is -1.73. The van der Waals surface area contributed by atoms with Crippen LogP contribution < -0.4 is 9.80 Å². The Kier molecular flexibility index (Phi) is 4.31. The van der Waals surface area contributed by atoms with E-state index in [1.807, 2.05) is 6.07 Å². The minimum absolute atomic E-state index is 0.0820. The number of hydrogen-bond donors (Lipinski definition) is 1. The topological polar surface area (TPSA) is 65.4 Å². The molecule has 0 spiro atoms. The van der Waals surface area contributed by atoms with Gasteiger partial charge in [-0.3, -0.25) is 0 Å². The van der Waals surface area contributed by atoms with E-state index < -0.39 is 0 Å². The summed E-state index contributed by atoms with van der Waals surface area (Å²) in [6.45, 7) is 5.74. The molecular weight excluding hydrogens is 286 g/mol. The molecule has 0 amide bonds. The molecule has 1 N–H and O–H groups in total. The van der Waals surface area contributed by atoms with Gasteiger partial charge in [0.25, 0.3) is 0 Å². The lowest BCUT2D eigenvalue weighted by molar-refractivity contribution is 0.284. The zero-order chi connectivity index (χ0) is 14.7. The molecule has 2 aromatic rings. The highest BCUT2D eigenvalue weighted by atomic mass is 32.1. The molecule has 0 aromatic carbocycles. The molecule has 1 fully saturated rings. The first-order valence-corrected chi connectivity index (χ1v) is 7.99. The fourth-order valence-corrected chi connectivity index (χ4v) is 3.52. The SMILES string of the molecule is CCc1nc(N2CCN(c3ncccn3)CC2)sc1CO. The summed E-state index contributed by atoms with van der Waals surface area (Å²) in [6, 6.07) is 1.83. The average Bonchev–Trinajstić information content (AvgIpc) is 2.99. The second kappa shape index (κ2) is 6.36. The zero-order valence-electron chi connectivity index (χ0n) is 12.1. The van der Waals surface area contributed by atoms with Crippen molar-refractivity contribution < 1.29 is 5.11 Å². The highest BCUT2D eigenvalue weighted by molar-refractivity contribution is 7.15. The molecule has 3 heterocycles. The maximum absolute atomic E-state index is 9.38. The van der Waals surface area contributed by atoms with Gasteiger partial charge in [-0.15, -0.1) is 0 Å². The molecule has 1 aliphatic heterocycles. The van der Waals surface area contributed by atoms with Crippen LogP contribution >= 0.6 is 11.3 Å². The first-order chi connectivity index (χ1) is 10.3. The Morgan fingerprint density at radius 3 is 2.38 bits per heavy atom. The van der Waals surface area contributed by atoms with Crippen LogP contribution in [0.1, 0.15) is 17.5 Å². The Morgan fingerprint density at radius 1 is 1.14 bits per heavy atom. The van der Waals surface area contributed by atoms with E-state index >= 15 is 0 Å². The molecule has 2 aromatic heterocycles. The predicted octanol–water partition coefficient (Wildman–Crippen LogP) is 1.31. The normalized spacial score (nSPS) is 15.5. The van der Waals surface area contributed by atoms with Crippen LogP contribution in [0.15, 0.2) is 18.5 Å². The van der Waals surface area contributed by atoms with Crippen molar-refractivity contribution in [3.05, 3.63) is 29.0 Å². The number of aliphatic hydroxyl groups excluding tert-OH is 1. The molecule has 3 rings (SSSR count). The van der Waals surface area contributed by atoms with E-state index in [2.05, 4.69) is 31.7 Å². The number of piperazine rings is 1. The molecule has 0 saturated carbocycles. The number of nitrogens with zero attached hydrogens (tertiary/aromatic N) is 5. The van der Waals surface area contributed by atoms with Gasteiger partial charge in [-0.1, -0.05) is 18.3 Å². The van der Waals surface area contributed by atoms with E-state index in [1.54, 1.807) is 23.7 Å². The summed E-state index contributed by atoms with van der Waals surface area (Å²) in [5, 5.41) is 10.4. The molecule has 6 nitrogen and oxygen atoms in total. The molecule has 7 heteroatoms. The molecule has 112 valence electrons. The van der Waals surface area contributed by atoms with Crippen LogP contribution in [0.3, 0.4) is 0 Å². The average molecular weight is 305 g/mol. The summed E-state index contributed by atoms with van der Waals surface area (Å²) in [4.78, 5) is 18.7. The Balaban J connectivity index is 1.67. The predicted molar refractivity (Wildman–Crippen MR) is 83.9 cm³/mol. The molecule has 21 heavy (non-hydrogen) atoms. The zero-order valence-corrected chi connectivity index (χ0v) is 12.9. The van der Waals surface area contributed by atoms with E-state index in [1.165, 1.54) is 0 Å². The summed E-state index contributed by atoms with van der Waals surface area (Å²) in [7, 11) is 0. The van der Waals surface area contributed by atoms with Gasteiger partial charge in [-0.25, -0.2) is 15.0 Å². The monoisotopic (exact) mass is 305 g/mol. The number of anilines is 2. The summed E-state index contributed by atoms with van der Waals surface area (Å²) >= 11 is 1.60. The number of hydrogen-bond acceptors (Lipinski definition) is 7. The lowest BCUT2D eigenvalue weighted by Crippen LogP contribution is -2.47. The van der Waals surface area contributed by atoms with Crippen LogP contribution in [0.4, 0.5) is 11.1 Å². The van der Waals surface area contributed by atoms with Gasteiger partial charge in [0, 0.05) is 38.6 Å². The second-order valence-corrected chi connectivity index (χ2v) is 5.96. The number of aryl methyl sites for hydroxylation is 1. The first-order valence-electron chi connectivity index (χ1n) is 7.18.